The average molecular weight is 813 g/mol. The Labute approximate surface area is 338 Å². The molecule has 0 unspecified atom stereocenters. The summed E-state index contributed by atoms with van der Waals surface area (Å²) in [6, 6.07) is 32.1. The Morgan fingerprint density at radius 3 is 0.544 bits per heavy atom. The number of carbonyl (C=O) groups excluding carboxylic acids is 12. The van der Waals surface area contributed by atoms with E-state index in [4.69, 9.17) is 0 Å². The van der Waals surface area contributed by atoms with Crippen molar-refractivity contribution in [3.63, 3.8) is 0 Å². The molecule has 17 heteroatoms. The molecule has 4 aromatic rings. The minimum Gasteiger partial charge on any atom is -0.542 e. The summed E-state index contributed by atoms with van der Waals surface area (Å²) >= 11 is 0. The fourth-order valence-corrected chi connectivity index (χ4v) is 3.78. The fourth-order valence-electron chi connectivity index (χ4n) is 3.78. The van der Waals surface area contributed by atoms with E-state index in [2.05, 4.69) is 0 Å². The second-order valence-electron chi connectivity index (χ2n) is 10.7. The molecule has 57 heavy (non-hydrogen) atoms. The van der Waals surface area contributed by atoms with Gasteiger partial charge in [0.1, 0.15) is 23.9 Å². The molecule has 0 heterocycles. The molecule has 288 valence electrons. The molecule has 0 fully saturated rings. The van der Waals surface area contributed by atoms with Crippen LogP contribution in [-0.2, 0) is 60.1 Å². The Kier molecular flexibility index (Phi) is 23.2. The van der Waals surface area contributed by atoms with Gasteiger partial charge in [-0.25, -0.2) is 0 Å². The molecule has 0 N–H and O–H groups in total. The molecule has 4 aromatic carbocycles. The zero-order valence-electron chi connectivity index (χ0n) is 29.4. The first-order valence-electron chi connectivity index (χ1n) is 15.7. The van der Waals surface area contributed by atoms with E-state index in [1.165, 1.54) is 48.5 Å². The van der Waals surface area contributed by atoms with Crippen molar-refractivity contribution in [2.75, 3.05) is 0 Å². The summed E-state index contributed by atoms with van der Waals surface area (Å²) in [6.07, 6.45) is -2.59. The first kappa shape index (κ1) is 49.8. The third-order valence-electron chi connectivity index (χ3n) is 6.58. The third-order valence-corrected chi connectivity index (χ3v) is 6.58. The summed E-state index contributed by atoms with van der Waals surface area (Å²) in [6.45, 7) is 0. The molecule has 0 amide bonds. The zero-order valence-corrected chi connectivity index (χ0v) is 31.0. The van der Waals surface area contributed by atoms with E-state index >= 15 is 0 Å². The van der Waals surface area contributed by atoms with Gasteiger partial charge in [0.05, 0.1) is 25.7 Å². The van der Waals surface area contributed by atoms with Crippen molar-refractivity contribution in [2.24, 2.45) is 0 Å². The molecule has 0 spiro atoms. The van der Waals surface area contributed by atoms with E-state index < -0.39 is 95.8 Å². The maximum Gasteiger partial charge on any atom is 4.00 e. The van der Waals surface area contributed by atoms with Crippen molar-refractivity contribution in [1.82, 2.24) is 0 Å². The molecule has 0 aliphatic rings. The number of carboxylic acid groups (broad SMARTS) is 4. The summed E-state index contributed by atoms with van der Waals surface area (Å²) in [5.74, 6) is -14.1. The molecule has 0 saturated heterocycles. The van der Waals surface area contributed by atoms with Gasteiger partial charge in [-0.2, -0.15) is 0 Å². The number of carbonyl (C=O) groups is 12. The number of rotatable bonds is 16. The molecule has 0 bridgehead atoms. The predicted octanol–water partition coefficient (Wildman–Crippen LogP) is -1.69. The number of hydrogen-bond acceptors (Lipinski definition) is 16. The van der Waals surface area contributed by atoms with Crippen LogP contribution in [0.1, 0.15) is 67.1 Å². The number of Topliss-reactive ketones (excluding diaryl/α,β-unsaturated/α-hetero) is 8. The number of hydrogen-bond donors (Lipinski definition) is 0. The Morgan fingerprint density at radius 2 is 0.421 bits per heavy atom. The number of carboxylic acids is 4. The molecule has 0 saturated carbocycles. The van der Waals surface area contributed by atoms with Crippen LogP contribution in [0.2, 0.25) is 0 Å². The van der Waals surface area contributed by atoms with Crippen molar-refractivity contribution in [3.8, 4) is 0 Å². The molecule has 0 radical (unpaired) electrons. The average Bonchev–Trinajstić information content (AvgIpc) is 3.19. The molecule has 0 aliphatic heterocycles. The number of ketones is 8. The van der Waals surface area contributed by atoms with Gasteiger partial charge >= 0.3 is 21.7 Å². The van der Waals surface area contributed by atoms with E-state index in [9.17, 15) is 78.0 Å². The van der Waals surface area contributed by atoms with Gasteiger partial charge in [0.15, 0.2) is 46.3 Å². The molecular formula is C40H28O16Ti. The fraction of sp³-hybridized carbons (Fsp3) is 0.100. The van der Waals surface area contributed by atoms with E-state index in [1.54, 1.807) is 72.8 Å². The van der Waals surface area contributed by atoms with Gasteiger partial charge in [0, 0.05) is 22.3 Å². The maximum absolute atomic E-state index is 11.2. The molecule has 0 aliphatic carbocycles. The van der Waals surface area contributed by atoms with Crippen LogP contribution < -0.4 is 20.4 Å². The third kappa shape index (κ3) is 20.2. The normalized spacial score (nSPS) is 9.26. The van der Waals surface area contributed by atoms with Crippen LogP contribution in [0.4, 0.5) is 0 Å². The van der Waals surface area contributed by atoms with Crippen LogP contribution in [0, 0.1) is 0 Å². The van der Waals surface area contributed by atoms with Crippen LogP contribution in [-0.4, -0.2) is 70.1 Å². The Morgan fingerprint density at radius 1 is 0.281 bits per heavy atom. The Balaban J connectivity index is 0.000000729. The Hall–Kier alpha value is -7.17. The standard InChI is InChI=1S/4C10H8O4.Ti/c4*11-8(6-9(12)10(13)14)7-4-2-1-3-5-7;/h4*1-5H,6H2,(H,13,14);/q;;;;+4/p-4. The summed E-state index contributed by atoms with van der Waals surface area (Å²) in [4.78, 5) is 128. The van der Waals surface area contributed by atoms with Crippen molar-refractivity contribution in [1.29, 1.82) is 0 Å². The topological polar surface area (TPSA) is 297 Å². The van der Waals surface area contributed by atoms with E-state index in [0.29, 0.717) is 22.3 Å². The van der Waals surface area contributed by atoms with Gasteiger partial charge in [-0.1, -0.05) is 121 Å². The second kappa shape index (κ2) is 26.6. The number of aliphatic carboxylic acids is 4. The quantitative estimate of drug-likeness (QED) is 0.0528. The van der Waals surface area contributed by atoms with E-state index in [0.717, 1.165) is 0 Å². The van der Waals surface area contributed by atoms with Crippen molar-refractivity contribution in [2.45, 2.75) is 25.7 Å². The summed E-state index contributed by atoms with van der Waals surface area (Å²) in [7, 11) is 0. The summed E-state index contributed by atoms with van der Waals surface area (Å²) in [5, 5.41) is 40.2. The molecule has 0 atom stereocenters. The largest absolute Gasteiger partial charge is 4.00 e. The minimum atomic E-state index is -1.82. The van der Waals surface area contributed by atoms with Crippen molar-refractivity contribution < 1.29 is 99.7 Å². The minimum absolute atomic E-state index is 0. The van der Waals surface area contributed by atoms with Gasteiger partial charge in [-0.05, 0) is 0 Å². The van der Waals surface area contributed by atoms with Crippen LogP contribution in [0.15, 0.2) is 121 Å². The predicted molar refractivity (Wildman–Crippen MR) is 182 cm³/mol. The zero-order chi connectivity index (χ0) is 42.2. The molecule has 4 rings (SSSR count). The summed E-state index contributed by atoms with van der Waals surface area (Å²) in [5.41, 5.74) is 1.29. The smallest absolute Gasteiger partial charge is 0.542 e. The van der Waals surface area contributed by atoms with E-state index in [-0.39, 0.29) is 21.7 Å². The van der Waals surface area contributed by atoms with Crippen LogP contribution in [0.25, 0.3) is 0 Å². The molecule has 16 nitrogen and oxygen atoms in total. The van der Waals surface area contributed by atoms with Crippen molar-refractivity contribution >= 4 is 70.1 Å². The van der Waals surface area contributed by atoms with Gasteiger partial charge in [-0.15, -0.1) is 0 Å². The van der Waals surface area contributed by atoms with Crippen LogP contribution in [0.5, 0.6) is 0 Å². The number of benzene rings is 4. The first-order chi connectivity index (χ1) is 26.4. The van der Waals surface area contributed by atoms with Gasteiger partial charge < -0.3 is 39.6 Å². The van der Waals surface area contributed by atoms with Crippen LogP contribution >= 0.6 is 0 Å². The van der Waals surface area contributed by atoms with Crippen molar-refractivity contribution in [3.05, 3.63) is 144 Å². The Bertz CT molecular complexity index is 1780. The van der Waals surface area contributed by atoms with Crippen LogP contribution in [0.3, 0.4) is 0 Å². The van der Waals surface area contributed by atoms with Gasteiger partial charge in [0.25, 0.3) is 0 Å². The monoisotopic (exact) mass is 812 g/mol. The molecule has 0 aromatic heterocycles. The second-order valence-corrected chi connectivity index (χ2v) is 10.7. The first-order valence-corrected chi connectivity index (χ1v) is 15.7. The SMILES string of the molecule is O=C([O-])C(=O)CC(=O)c1ccccc1.O=C([O-])C(=O)CC(=O)c1ccccc1.O=C([O-])C(=O)CC(=O)c1ccccc1.O=C([O-])C(=O)CC(=O)c1ccccc1.[Ti+4]. The van der Waals surface area contributed by atoms with Gasteiger partial charge in [-0.3, -0.25) is 38.4 Å². The van der Waals surface area contributed by atoms with Gasteiger partial charge in [0.2, 0.25) is 0 Å². The maximum atomic E-state index is 11.2. The van der Waals surface area contributed by atoms with E-state index in [1.807, 2.05) is 0 Å². The summed E-state index contributed by atoms with van der Waals surface area (Å²) < 4.78 is 0. The molecular weight excluding hydrogens is 784 g/mol.